The van der Waals surface area contributed by atoms with Gasteiger partial charge in [0.15, 0.2) is 0 Å². The third-order valence-electron chi connectivity index (χ3n) is 4.72. The van der Waals surface area contributed by atoms with E-state index in [1.807, 2.05) is 4.90 Å². The smallest absolute Gasteiger partial charge is 0.222 e. The van der Waals surface area contributed by atoms with Crippen molar-refractivity contribution in [3.05, 3.63) is 28.3 Å². The quantitative estimate of drug-likeness (QED) is 0.908. The van der Waals surface area contributed by atoms with Crippen LogP contribution in [0.4, 0.5) is 0 Å². The van der Waals surface area contributed by atoms with Crippen molar-refractivity contribution in [2.45, 2.75) is 40.0 Å². The van der Waals surface area contributed by atoms with Gasteiger partial charge in [0, 0.05) is 32.6 Å². The number of rotatable bonds is 5. The molecule has 1 amide bonds. The first-order valence-electron chi connectivity index (χ1n) is 8.16. The second kappa shape index (κ2) is 7.63. The zero-order valence-electron chi connectivity index (χ0n) is 14.3. The van der Waals surface area contributed by atoms with Crippen LogP contribution in [0, 0.1) is 20.8 Å². The van der Waals surface area contributed by atoms with E-state index in [0.29, 0.717) is 12.3 Å². The first-order valence-corrected chi connectivity index (χ1v) is 8.16. The molecule has 1 N–H and O–H groups in total. The maximum atomic E-state index is 12.2. The van der Waals surface area contributed by atoms with Crippen molar-refractivity contribution in [1.82, 2.24) is 10.2 Å². The van der Waals surface area contributed by atoms with Gasteiger partial charge in [0.1, 0.15) is 5.75 Å². The van der Waals surface area contributed by atoms with Crippen molar-refractivity contribution in [3.63, 3.8) is 0 Å². The van der Waals surface area contributed by atoms with Crippen molar-refractivity contribution in [1.29, 1.82) is 0 Å². The van der Waals surface area contributed by atoms with Gasteiger partial charge < -0.3 is 15.0 Å². The van der Waals surface area contributed by atoms with Gasteiger partial charge in [0.25, 0.3) is 0 Å². The van der Waals surface area contributed by atoms with Gasteiger partial charge in [-0.2, -0.15) is 0 Å². The molecule has 4 heteroatoms. The molecule has 122 valence electrons. The average molecular weight is 304 g/mol. The summed E-state index contributed by atoms with van der Waals surface area (Å²) < 4.78 is 5.42. The zero-order chi connectivity index (χ0) is 16.1. The van der Waals surface area contributed by atoms with Gasteiger partial charge in [0.05, 0.1) is 7.11 Å². The van der Waals surface area contributed by atoms with Crippen LogP contribution in [0.2, 0.25) is 0 Å². The highest BCUT2D eigenvalue weighted by atomic mass is 16.5. The molecule has 4 nitrogen and oxygen atoms in total. The molecule has 0 radical (unpaired) electrons. The fourth-order valence-electron chi connectivity index (χ4n) is 3.18. The second-order valence-electron chi connectivity index (χ2n) is 6.11. The van der Waals surface area contributed by atoms with E-state index in [0.717, 1.165) is 44.8 Å². The van der Waals surface area contributed by atoms with E-state index in [-0.39, 0.29) is 0 Å². The van der Waals surface area contributed by atoms with Crippen LogP contribution in [0.3, 0.4) is 0 Å². The van der Waals surface area contributed by atoms with Crippen LogP contribution in [0.15, 0.2) is 6.07 Å². The minimum absolute atomic E-state index is 0.294. The van der Waals surface area contributed by atoms with Gasteiger partial charge in [0.2, 0.25) is 5.91 Å². The number of nitrogens with zero attached hydrogens (tertiary/aromatic N) is 1. The van der Waals surface area contributed by atoms with E-state index in [1.54, 1.807) is 7.11 Å². The minimum atomic E-state index is 0.294. The largest absolute Gasteiger partial charge is 0.496 e. The number of carbonyl (C=O) groups excluding carboxylic acids is 1. The van der Waals surface area contributed by atoms with Gasteiger partial charge in [-0.3, -0.25) is 4.79 Å². The molecule has 0 aliphatic carbocycles. The predicted octanol–water partition coefficient (Wildman–Crippen LogP) is 2.37. The van der Waals surface area contributed by atoms with Crippen molar-refractivity contribution in [3.8, 4) is 5.75 Å². The summed E-state index contributed by atoms with van der Waals surface area (Å²) in [6, 6.07) is 2.11. The average Bonchev–Trinajstić information content (AvgIpc) is 2.54. The molecule has 0 aromatic heterocycles. The molecule has 22 heavy (non-hydrogen) atoms. The molecule has 2 rings (SSSR count). The summed E-state index contributed by atoms with van der Waals surface area (Å²) in [6.07, 6.45) is 2.51. The number of nitrogens with one attached hydrogen (secondary N) is 1. The first kappa shape index (κ1) is 16.8. The van der Waals surface area contributed by atoms with E-state index in [2.05, 4.69) is 32.2 Å². The fourth-order valence-corrected chi connectivity index (χ4v) is 3.18. The number of hydrogen-bond donors (Lipinski definition) is 1. The third kappa shape index (κ3) is 3.80. The molecule has 1 heterocycles. The zero-order valence-corrected chi connectivity index (χ0v) is 14.3. The van der Waals surface area contributed by atoms with E-state index in [9.17, 15) is 4.79 Å². The summed E-state index contributed by atoms with van der Waals surface area (Å²) in [5, 5.41) is 3.28. The lowest BCUT2D eigenvalue weighted by atomic mass is 9.93. The van der Waals surface area contributed by atoms with Crippen LogP contribution in [0.5, 0.6) is 5.75 Å². The summed E-state index contributed by atoms with van der Waals surface area (Å²) in [7, 11) is 1.72. The Morgan fingerprint density at radius 2 is 1.91 bits per heavy atom. The fraction of sp³-hybridized carbons (Fsp3) is 0.611. The molecule has 0 saturated carbocycles. The van der Waals surface area contributed by atoms with E-state index >= 15 is 0 Å². The monoisotopic (exact) mass is 304 g/mol. The Morgan fingerprint density at radius 1 is 1.23 bits per heavy atom. The van der Waals surface area contributed by atoms with Gasteiger partial charge in [-0.1, -0.05) is 0 Å². The third-order valence-corrected chi connectivity index (χ3v) is 4.72. The summed E-state index contributed by atoms with van der Waals surface area (Å²) >= 11 is 0. The first-order chi connectivity index (χ1) is 10.5. The van der Waals surface area contributed by atoms with Crippen molar-refractivity contribution >= 4 is 5.91 Å². The Morgan fingerprint density at radius 3 is 2.55 bits per heavy atom. The van der Waals surface area contributed by atoms with Gasteiger partial charge in [-0.25, -0.2) is 0 Å². The van der Waals surface area contributed by atoms with Crippen LogP contribution in [0.25, 0.3) is 0 Å². The number of ether oxygens (including phenoxy) is 1. The second-order valence-corrected chi connectivity index (χ2v) is 6.11. The summed E-state index contributed by atoms with van der Waals surface area (Å²) in [4.78, 5) is 14.2. The molecule has 0 unspecified atom stereocenters. The predicted molar refractivity (Wildman–Crippen MR) is 89.6 cm³/mol. The number of hydrogen-bond acceptors (Lipinski definition) is 3. The molecular formula is C18H28N2O2. The number of benzene rings is 1. The van der Waals surface area contributed by atoms with Crippen molar-refractivity contribution in [2.75, 3.05) is 33.3 Å². The minimum Gasteiger partial charge on any atom is -0.496 e. The molecule has 1 fully saturated rings. The van der Waals surface area contributed by atoms with Crippen molar-refractivity contribution in [2.24, 2.45) is 0 Å². The highest BCUT2D eigenvalue weighted by Gasteiger charge is 2.16. The Hall–Kier alpha value is -1.55. The molecule has 0 spiro atoms. The van der Waals surface area contributed by atoms with Crippen LogP contribution in [-0.4, -0.2) is 44.1 Å². The van der Waals surface area contributed by atoms with E-state index < -0.39 is 0 Å². The van der Waals surface area contributed by atoms with E-state index in [4.69, 9.17) is 4.74 Å². The highest BCUT2D eigenvalue weighted by molar-refractivity contribution is 5.76. The van der Waals surface area contributed by atoms with Gasteiger partial charge in [-0.05, 0) is 61.9 Å². The van der Waals surface area contributed by atoms with Crippen LogP contribution < -0.4 is 10.1 Å². The Balaban J connectivity index is 1.94. The SMILES string of the molecule is COc1cc(C)c(CCCC(=O)N2CCNCC2)c(C)c1C. The molecule has 0 bridgehead atoms. The maximum Gasteiger partial charge on any atom is 0.222 e. The van der Waals surface area contributed by atoms with Gasteiger partial charge >= 0.3 is 0 Å². The molecule has 1 aliphatic heterocycles. The van der Waals surface area contributed by atoms with Crippen LogP contribution in [-0.2, 0) is 11.2 Å². The number of aryl methyl sites for hydroxylation is 1. The van der Waals surface area contributed by atoms with Crippen LogP contribution in [0.1, 0.15) is 35.1 Å². The lowest BCUT2D eigenvalue weighted by Crippen LogP contribution is -2.46. The standard InChI is InChI=1S/C18H28N2O2/c1-13-12-17(22-4)15(3)14(2)16(13)6-5-7-18(21)20-10-8-19-9-11-20/h12,19H,5-11H2,1-4H3. The maximum absolute atomic E-state index is 12.2. The molecule has 1 aliphatic rings. The van der Waals surface area contributed by atoms with E-state index in [1.165, 1.54) is 22.3 Å². The molecule has 1 aromatic carbocycles. The normalized spacial score (nSPS) is 15.0. The number of piperazine rings is 1. The Kier molecular flexibility index (Phi) is 5.83. The summed E-state index contributed by atoms with van der Waals surface area (Å²) in [5.74, 6) is 1.25. The Labute approximate surface area is 133 Å². The molecule has 1 saturated heterocycles. The highest BCUT2D eigenvalue weighted by Crippen LogP contribution is 2.28. The summed E-state index contributed by atoms with van der Waals surface area (Å²) in [5.41, 5.74) is 5.13. The topological polar surface area (TPSA) is 41.6 Å². The molecule has 0 atom stereocenters. The lowest BCUT2D eigenvalue weighted by molar-refractivity contribution is -0.131. The molecule has 1 aromatic rings. The number of methoxy groups -OCH3 is 1. The van der Waals surface area contributed by atoms with Gasteiger partial charge in [-0.15, -0.1) is 0 Å². The van der Waals surface area contributed by atoms with Crippen molar-refractivity contribution < 1.29 is 9.53 Å². The van der Waals surface area contributed by atoms with Crippen LogP contribution >= 0.6 is 0 Å². The number of amides is 1. The lowest BCUT2D eigenvalue weighted by Gasteiger charge is -2.27. The molecular weight excluding hydrogens is 276 g/mol. The summed E-state index contributed by atoms with van der Waals surface area (Å²) in [6.45, 7) is 9.91. The number of carbonyl (C=O) groups is 1. The Bertz CT molecular complexity index is 534.